The van der Waals surface area contributed by atoms with Gasteiger partial charge in [-0.15, -0.1) is 0 Å². The predicted octanol–water partition coefficient (Wildman–Crippen LogP) is 3.91. The number of nitrogens with zero attached hydrogens (tertiary/aromatic N) is 1. The topological polar surface area (TPSA) is 15.3 Å². The van der Waals surface area contributed by atoms with Crippen LogP contribution in [-0.4, -0.2) is 36.1 Å². The molecule has 1 heterocycles. The Kier molecular flexibility index (Phi) is 5.73. The fourth-order valence-electron chi connectivity index (χ4n) is 3.76. The molecule has 1 saturated carbocycles. The van der Waals surface area contributed by atoms with Gasteiger partial charge in [0, 0.05) is 36.8 Å². The lowest BCUT2D eigenvalue weighted by molar-refractivity contribution is 0.0587. The highest BCUT2D eigenvalue weighted by atomic mass is 35.5. The average Bonchev–Trinajstić information content (AvgIpc) is 2.43. The van der Waals surface area contributed by atoms with Gasteiger partial charge in [0.15, 0.2) is 0 Å². The quantitative estimate of drug-likeness (QED) is 0.842. The van der Waals surface area contributed by atoms with Gasteiger partial charge in [0.2, 0.25) is 0 Å². The van der Waals surface area contributed by atoms with Crippen molar-refractivity contribution in [1.82, 2.24) is 10.2 Å². The van der Waals surface area contributed by atoms with Gasteiger partial charge in [-0.3, -0.25) is 4.90 Å². The van der Waals surface area contributed by atoms with Crippen molar-refractivity contribution in [2.75, 3.05) is 19.6 Å². The normalized spacial score (nSPS) is 28.8. The molecule has 0 aromatic rings. The maximum absolute atomic E-state index is 5.87. The van der Waals surface area contributed by atoms with Crippen LogP contribution in [0.4, 0.5) is 0 Å². The van der Waals surface area contributed by atoms with Crippen LogP contribution in [0.15, 0.2) is 11.1 Å². The molecule has 110 valence electrons. The monoisotopic (exact) mass is 284 g/mol. The molecule has 0 aromatic heterocycles. The maximum Gasteiger partial charge on any atom is 0.0309 e. The Balaban J connectivity index is 2.03. The fourth-order valence-corrected chi connectivity index (χ4v) is 3.83. The molecule has 1 aliphatic heterocycles. The fraction of sp³-hybridized carbons (Fsp3) is 0.875. The third-order valence-corrected chi connectivity index (χ3v) is 5.18. The first-order valence-electron chi connectivity index (χ1n) is 7.94. The molecule has 2 fully saturated rings. The van der Waals surface area contributed by atoms with Crippen molar-refractivity contribution in [2.45, 2.75) is 70.4 Å². The summed E-state index contributed by atoms with van der Waals surface area (Å²) in [7, 11) is 0. The number of hydrogen-bond donors (Lipinski definition) is 1. The number of rotatable bonds is 4. The second-order valence-corrected chi connectivity index (χ2v) is 6.74. The Morgan fingerprint density at radius 1 is 1.37 bits per heavy atom. The van der Waals surface area contributed by atoms with Crippen molar-refractivity contribution >= 4 is 11.6 Å². The molecule has 1 N–H and O–H groups in total. The summed E-state index contributed by atoms with van der Waals surface area (Å²) in [5, 5.41) is 3.90. The van der Waals surface area contributed by atoms with Gasteiger partial charge in [0.25, 0.3) is 0 Å². The minimum atomic E-state index is 0.398. The summed E-state index contributed by atoms with van der Waals surface area (Å²) in [4.78, 5) is 2.68. The van der Waals surface area contributed by atoms with E-state index in [4.69, 9.17) is 11.6 Å². The summed E-state index contributed by atoms with van der Waals surface area (Å²) in [6.07, 6.45) is 9.46. The molecule has 1 saturated heterocycles. The third kappa shape index (κ3) is 3.96. The van der Waals surface area contributed by atoms with Gasteiger partial charge >= 0.3 is 0 Å². The highest BCUT2D eigenvalue weighted by molar-refractivity contribution is 6.25. The number of piperazine rings is 1. The first kappa shape index (κ1) is 15.3. The molecule has 2 aliphatic rings. The number of halogens is 1. The zero-order valence-corrected chi connectivity index (χ0v) is 13.3. The molecule has 1 atom stereocenters. The summed E-state index contributed by atoms with van der Waals surface area (Å²) in [6.45, 7) is 7.83. The van der Waals surface area contributed by atoms with Crippen molar-refractivity contribution in [3.05, 3.63) is 11.1 Å². The van der Waals surface area contributed by atoms with E-state index in [0.717, 1.165) is 13.1 Å². The van der Waals surface area contributed by atoms with Crippen molar-refractivity contribution < 1.29 is 0 Å². The van der Waals surface area contributed by atoms with Crippen LogP contribution in [0.3, 0.4) is 0 Å². The molecule has 1 spiro atoms. The van der Waals surface area contributed by atoms with Crippen molar-refractivity contribution in [3.63, 3.8) is 0 Å². The SMILES string of the molecule is CCCC1CNC2(CCCCC2)CN1CC(C)=CCl. The Bertz CT molecular complexity index is 308. The van der Waals surface area contributed by atoms with Crippen LogP contribution in [0, 0.1) is 0 Å². The van der Waals surface area contributed by atoms with Crippen LogP contribution in [0.2, 0.25) is 0 Å². The van der Waals surface area contributed by atoms with Crippen LogP contribution >= 0.6 is 11.6 Å². The minimum Gasteiger partial charge on any atom is -0.308 e. The predicted molar refractivity (Wildman–Crippen MR) is 83.7 cm³/mol. The first-order valence-corrected chi connectivity index (χ1v) is 8.38. The molecule has 2 nitrogen and oxygen atoms in total. The largest absolute Gasteiger partial charge is 0.308 e. The minimum absolute atomic E-state index is 0.398. The Morgan fingerprint density at radius 2 is 2.11 bits per heavy atom. The molecular formula is C16H29ClN2. The zero-order chi connectivity index (χ0) is 13.7. The van der Waals surface area contributed by atoms with Crippen LogP contribution in [-0.2, 0) is 0 Å². The third-order valence-electron chi connectivity index (χ3n) is 4.81. The van der Waals surface area contributed by atoms with E-state index in [1.807, 2.05) is 0 Å². The number of hydrogen-bond acceptors (Lipinski definition) is 2. The van der Waals surface area contributed by atoms with Crippen LogP contribution in [0.1, 0.15) is 58.8 Å². The number of nitrogens with one attached hydrogen (secondary N) is 1. The summed E-state index contributed by atoms with van der Waals surface area (Å²) >= 11 is 5.87. The highest BCUT2D eigenvalue weighted by Crippen LogP contribution is 2.32. The van der Waals surface area contributed by atoms with Crippen LogP contribution in [0.25, 0.3) is 0 Å². The van der Waals surface area contributed by atoms with E-state index >= 15 is 0 Å². The molecule has 2 rings (SSSR count). The van der Waals surface area contributed by atoms with E-state index < -0.39 is 0 Å². The molecule has 19 heavy (non-hydrogen) atoms. The first-order chi connectivity index (χ1) is 9.19. The molecule has 1 aliphatic carbocycles. The second-order valence-electron chi connectivity index (χ2n) is 6.52. The molecule has 0 aromatic carbocycles. The Hall–Kier alpha value is -0.0500. The Labute approximate surface area is 123 Å². The summed E-state index contributed by atoms with van der Waals surface area (Å²) in [5.41, 5.74) is 3.43. The van der Waals surface area contributed by atoms with Crippen molar-refractivity contribution in [1.29, 1.82) is 0 Å². The van der Waals surface area contributed by atoms with Gasteiger partial charge in [-0.1, -0.05) is 44.2 Å². The van der Waals surface area contributed by atoms with Gasteiger partial charge in [-0.2, -0.15) is 0 Å². The second kappa shape index (κ2) is 7.10. The lowest BCUT2D eigenvalue weighted by atomic mass is 9.79. The van der Waals surface area contributed by atoms with Crippen LogP contribution < -0.4 is 5.32 Å². The van der Waals surface area contributed by atoms with E-state index in [-0.39, 0.29) is 0 Å². The molecular weight excluding hydrogens is 256 g/mol. The van der Waals surface area contributed by atoms with Gasteiger partial charge in [-0.05, 0) is 31.8 Å². The molecule has 3 heteroatoms. The van der Waals surface area contributed by atoms with E-state index in [2.05, 4.69) is 24.1 Å². The zero-order valence-electron chi connectivity index (χ0n) is 12.6. The van der Waals surface area contributed by atoms with Crippen molar-refractivity contribution in [2.24, 2.45) is 0 Å². The van der Waals surface area contributed by atoms with Gasteiger partial charge in [0.05, 0.1) is 0 Å². The Morgan fingerprint density at radius 3 is 2.74 bits per heavy atom. The summed E-state index contributed by atoms with van der Waals surface area (Å²) < 4.78 is 0. The lowest BCUT2D eigenvalue weighted by Gasteiger charge is -2.50. The van der Waals surface area contributed by atoms with Crippen molar-refractivity contribution in [3.8, 4) is 0 Å². The lowest BCUT2D eigenvalue weighted by Crippen LogP contribution is -2.64. The maximum atomic E-state index is 5.87. The smallest absolute Gasteiger partial charge is 0.0309 e. The summed E-state index contributed by atoms with van der Waals surface area (Å²) in [5.74, 6) is 0. The van der Waals surface area contributed by atoms with E-state index in [9.17, 15) is 0 Å². The van der Waals surface area contributed by atoms with Crippen LogP contribution in [0.5, 0.6) is 0 Å². The van der Waals surface area contributed by atoms with Gasteiger partial charge in [-0.25, -0.2) is 0 Å². The van der Waals surface area contributed by atoms with E-state index in [0.29, 0.717) is 11.6 Å². The molecule has 0 amide bonds. The van der Waals surface area contributed by atoms with E-state index in [1.165, 1.54) is 57.1 Å². The van der Waals surface area contributed by atoms with E-state index in [1.54, 1.807) is 5.54 Å². The standard InChI is InChI=1S/C16H29ClN2/c1-3-7-15-11-18-16(8-5-4-6-9-16)13-19(15)12-14(2)10-17/h10,15,18H,3-9,11-13H2,1-2H3. The van der Waals surface area contributed by atoms with Gasteiger partial charge in [0.1, 0.15) is 0 Å². The molecule has 0 radical (unpaired) electrons. The summed E-state index contributed by atoms with van der Waals surface area (Å²) in [6, 6.07) is 0.684. The molecule has 1 unspecified atom stereocenters. The highest BCUT2D eigenvalue weighted by Gasteiger charge is 2.39. The average molecular weight is 285 g/mol. The molecule has 0 bridgehead atoms. The van der Waals surface area contributed by atoms with Gasteiger partial charge < -0.3 is 5.32 Å².